The first-order chi connectivity index (χ1) is 11.1. The number of oxime groups is 1. The van der Waals surface area contributed by atoms with Crippen molar-refractivity contribution in [3.63, 3.8) is 0 Å². The monoisotopic (exact) mass is 349 g/mol. The fraction of sp³-hybridized carbons (Fsp3) is 0.278. The van der Waals surface area contributed by atoms with Crippen LogP contribution < -0.4 is 5.32 Å². The maximum absolute atomic E-state index is 9.41. The van der Waals surface area contributed by atoms with Gasteiger partial charge in [-0.2, -0.15) is 0 Å². The van der Waals surface area contributed by atoms with Gasteiger partial charge >= 0.3 is 0 Å². The molecule has 0 bridgehead atoms. The number of nitrogens with two attached hydrogens (primary N) is 1. The second-order valence-electron chi connectivity index (χ2n) is 6.01. The molecule has 3 nitrogen and oxygen atoms in total. The maximum atomic E-state index is 9.41. The van der Waals surface area contributed by atoms with E-state index in [0.717, 1.165) is 22.2 Å². The van der Waals surface area contributed by atoms with Crippen LogP contribution in [-0.2, 0) is 0 Å². The van der Waals surface area contributed by atoms with Crippen molar-refractivity contribution in [1.29, 1.82) is 0 Å². The zero-order valence-electron chi connectivity index (χ0n) is 12.8. The summed E-state index contributed by atoms with van der Waals surface area (Å²) in [7, 11) is 0. The minimum absolute atomic E-state index is 0.157. The molecule has 3 rings (SSSR count). The molecule has 1 fully saturated rings. The molecule has 23 heavy (non-hydrogen) atoms. The zero-order valence-corrected chi connectivity index (χ0v) is 14.3. The molecule has 5 heteroatoms. The third-order valence-electron chi connectivity index (χ3n) is 4.61. The molecule has 0 amide bonds. The van der Waals surface area contributed by atoms with Gasteiger partial charge in [0.2, 0.25) is 0 Å². The normalized spacial score (nSPS) is 26.4. The van der Waals surface area contributed by atoms with E-state index < -0.39 is 0 Å². The second-order valence-corrected chi connectivity index (χ2v) is 6.88. The van der Waals surface area contributed by atoms with Gasteiger partial charge in [-0.25, -0.2) is 0 Å². The predicted molar refractivity (Wildman–Crippen MR) is 93.3 cm³/mol. The third kappa shape index (κ3) is 3.52. The highest BCUT2D eigenvalue weighted by Gasteiger charge is 2.37. The minimum atomic E-state index is 0.157. The Hall–Kier alpha value is -1.55. The highest BCUT2D eigenvalue weighted by atomic mass is 35.5. The Balaban J connectivity index is 1.92. The summed E-state index contributed by atoms with van der Waals surface area (Å²) in [6.07, 6.45) is 0.726. The molecule has 3 atom stereocenters. The van der Waals surface area contributed by atoms with Crippen molar-refractivity contribution in [2.24, 2.45) is 11.1 Å². The van der Waals surface area contributed by atoms with E-state index in [1.54, 1.807) is 0 Å². The molecule has 0 aromatic heterocycles. The van der Waals surface area contributed by atoms with E-state index in [1.807, 2.05) is 48.5 Å². The number of halogens is 2. The number of benzene rings is 2. The van der Waals surface area contributed by atoms with Crippen LogP contribution in [0.5, 0.6) is 0 Å². The number of quaternary nitrogens is 1. The van der Waals surface area contributed by atoms with Crippen LogP contribution in [0.15, 0.2) is 53.7 Å². The Morgan fingerprint density at radius 1 is 0.957 bits per heavy atom. The van der Waals surface area contributed by atoms with Gasteiger partial charge in [-0.3, -0.25) is 0 Å². The van der Waals surface area contributed by atoms with E-state index in [1.165, 1.54) is 11.1 Å². The van der Waals surface area contributed by atoms with Crippen LogP contribution in [-0.4, -0.2) is 10.9 Å². The molecule has 2 aromatic carbocycles. The maximum Gasteiger partial charge on any atom is 0.120 e. The van der Waals surface area contributed by atoms with Crippen molar-refractivity contribution in [3.05, 3.63) is 69.7 Å². The van der Waals surface area contributed by atoms with E-state index in [0.29, 0.717) is 0 Å². The van der Waals surface area contributed by atoms with Gasteiger partial charge in [0.1, 0.15) is 12.1 Å². The summed E-state index contributed by atoms with van der Waals surface area (Å²) in [4.78, 5) is 0. The van der Waals surface area contributed by atoms with Crippen molar-refractivity contribution < 1.29 is 10.5 Å². The topological polar surface area (TPSA) is 49.2 Å². The van der Waals surface area contributed by atoms with E-state index in [-0.39, 0.29) is 18.0 Å². The van der Waals surface area contributed by atoms with Crippen molar-refractivity contribution in [2.75, 3.05) is 0 Å². The number of rotatable bonds is 2. The van der Waals surface area contributed by atoms with Crippen LogP contribution in [0.3, 0.4) is 0 Å². The van der Waals surface area contributed by atoms with Crippen LogP contribution in [0.1, 0.15) is 36.6 Å². The molecule has 0 saturated carbocycles. The molecular weight excluding hydrogens is 331 g/mol. The fourth-order valence-electron chi connectivity index (χ4n) is 3.26. The van der Waals surface area contributed by atoms with Gasteiger partial charge in [0, 0.05) is 27.6 Å². The Labute approximate surface area is 145 Å². The highest BCUT2D eigenvalue weighted by molar-refractivity contribution is 6.30. The van der Waals surface area contributed by atoms with Gasteiger partial charge in [-0.15, -0.1) is 0 Å². The number of hydrogen-bond donors (Lipinski definition) is 2. The Bertz CT molecular complexity index is 698. The molecule has 1 saturated heterocycles. The molecule has 120 valence electrons. The molecular formula is C18H19Cl2N2O+. The first-order valence-electron chi connectivity index (χ1n) is 7.65. The molecule has 1 heterocycles. The van der Waals surface area contributed by atoms with Crippen molar-refractivity contribution in [3.8, 4) is 0 Å². The predicted octanol–water partition coefficient (Wildman–Crippen LogP) is 4.21. The van der Waals surface area contributed by atoms with Crippen LogP contribution >= 0.6 is 23.2 Å². The molecule has 1 aliphatic rings. The Kier molecular flexibility index (Phi) is 4.90. The quantitative estimate of drug-likeness (QED) is 0.619. The lowest BCUT2D eigenvalue weighted by Crippen LogP contribution is -2.90. The summed E-state index contributed by atoms with van der Waals surface area (Å²) in [5, 5.41) is 16.8. The van der Waals surface area contributed by atoms with Crippen LogP contribution in [0.2, 0.25) is 10.0 Å². The van der Waals surface area contributed by atoms with E-state index >= 15 is 0 Å². The van der Waals surface area contributed by atoms with Crippen molar-refractivity contribution in [1.82, 2.24) is 0 Å². The average molecular weight is 350 g/mol. The fourth-order valence-corrected chi connectivity index (χ4v) is 3.51. The van der Waals surface area contributed by atoms with Gasteiger partial charge in [-0.1, -0.05) is 59.5 Å². The van der Waals surface area contributed by atoms with Crippen molar-refractivity contribution >= 4 is 28.9 Å². The zero-order chi connectivity index (χ0) is 16.4. The molecule has 0 aliphatic carbocycles. The van der Waals surface area contributed by atoms with Crippen LogP contribution in [0, 0.1) is 5.92 Å². The molecule has 1 aliphatic heterocycles. The van der Waals surface area contributed by atoms with Crippen molar-refractivity contribution in [2.45, 2.75) is 25.4 Å². The molecule has 2 aromatic rings. The van der Waals surface area contributed by atoms with Gasteiger partial charge in [0.05, 0.1) is 11.6 Å². The SMILES string of the molecule is C[C@@H]1/C(=N/O)C[C@@H](c2ccc(Cl)cc2)[NH2+][C@@H]1c1ccc(Cl)cc1. The Morgan fingerprint density at radius 2 is 1.48 bits per heavy atom. The largest absolute Gasteiger partial charge is 0.411 e. The van der Waals surface area contributed by atoms with E-state index in [2.05, 4.69) is 17.4 Å². The third-order valence-corrected chi connectivity index (χ3v) is 5.12. The van der Waals surface area contributed by atoms with Crippen LogP contribution in [0.4, 0.5) is 0 Å². The molecule has 0 spiro atoms. The van der Waals surface area contributed by atoms with Crippen LogP contribution in [0.25, 0.3) is 0 Å². The average Bonchev–Trinajstić information content (AvgIpc) is 2.57. The number of piperidine rings is 1. The Morgan fingerprint density at radius 3 is 2.00 bits per heavy atom. The standard InChI is InChI=1S/C18H18Cl2N2O/c1-11-16(22-23)10-17(12-2-6-14(19)7-3-12)21-18(11)13-4-8-15(20)9-5-13/h2-9,11,17-18,21,23H,10H2,1H3/p+1/b22-16+/t11-,17+,18+/m1/s1. The summed E-state index contributed by atoms with van der Waals surface area (Å²) in [6.45, 7) is 2.10. The lowest BCUT2D eigenvalue weighted by Gasteiger charge is -2.33. The lowest BCUT2D eigenvalue weighted by molar-refractivity contribution is -0.741. The summed E-state index contributed by atoms with van der Waals surface area (Å²) in [6, 6.07) is 16.1. The van der Waals surface area contributed by atoms with Gasteiger partial charge < -0.3 is 10.5 Å². The number of nitrogens with zero attached hydrogens (tertiary/aromatic N) is 1. The lowest BCUT2D eigenvalue weighted by atomic mass is 9.81. The molecule has 0 radical (unpaired) electrons. The summed E-state index contributed by atoms with van der Waals surface area (Å²) in [5.74, 6) is 0.157. The molecule has 0 unspecified atom stereocenters. The summed E-state index contributed by atoms with van der Waals surface area (Å²) >= 11 is 12.0. The van der Waals surface area contributed by atoms with Gasteiger partial charge in [0.25, 0.3) is 0 Å². The van der Waals surface area contributed by atoms with E-state index in [4.69, 9.17) is 23.2 Å². The first-order valence-corrected chi connectivity index (χ1v) is 8.41. The highest BCUT2D eigenvalue weighted by Crippen LogP contribution is 2.30. The minimum Gasteiger partial charge on any atom is -0.411 e. The molecule has 3 N–H and O–H groups in total. The summed E-state index contributed by atoms with van der Waals surface area (Å²) < 4.78 is 0. The van der Waals surface area contributed by atoms with E-state index in [9.17, 15) is 5.21 Å². The van der Waals surface area contributed by atoms with Gasteiger partial charge in [0.15, 0.2) is 0 Å². The smallest absolute Gasteiger partial charge is 0.120 e. The summed E-state index contributed by atoms with van der Waals surface area (Å²) in [5.41, 5.74) is 3.19. The van der Waals surface area contributed by atoms with Gasteiger partial charge in [-0.05, 0) is 24.3 Å². The first kappa shape index (κ1) is 16.3. The number of hydrogen-bond acceptors (Lipinski definition) is 2. The second kappa shape index (κ2) is 6.91.